The first kappa shape index (κ1) is 14.3. The first-order valence-corrected chi connectivity index (χ1v) is 7.53. The quantitative estimate of drug-likeness (QED) is 0.825. The van der Waals surface area contributed by atoms with Crippen LogP contribution < -0.4 is 5.32 Å². The molecular formula is C16H21NOS. The first-order valence-electron chi connectivity index (χ1n) is 6.65. The molecule has 0 fully saturated rings. The van der Waals surface area contributed by atoms with Gasteiger partial charge in [-0.25, -0.2) is 0 Å². The highest BCUT2D eigenvalue weighted by Crippen LogP contribution is 2.12. The second kappa shape index (κ2) is 7.43. The van der Waals surface area contributed by atoms with Crippen molar-refractivity contribution in [3.63, 3.8) is 0 Å². The molecule has 1 heterocycles. The summed E-state index contributed by atoms with van der Waals surface area (Å²) in [6, 6.07) is 13.3. The summed E-state index contributed by atoms with van der Waals surface area (Å²) in [4.78, 5) is 1.28. The predicted octanol–water partition coefficient (Wildman–Crippen LogP) is 3.96. The maximum atomic E-state index is 5.73. The molecule has 0 saturated carbocycles. The molecule has 0 aliphatic heterocycles. The summed E-state index contributed by atoms with van der Waals surface area (Å²) < 4.78 is 5.73. The molecule has 0 radical (unpaired) electrons. The van der Waals surface area contributed by atoms with Crippen LogP contribution in [0.4, 0.5) is 0 Å². The number of benzene rings is 1. The van der Waals surface area contributed by atoms with Crippen LogP contribution in [0.15, 0.2) is 41.8 Å². The van der Waals surface area contributed by atoms with Crippen LogP contribution in [0.3, 0.4) is 0 Å². The molecule has 0 aliphatic rings. The van der Waals surface area contributed by atoms with E-state index in [0.29, 0.717) is 19.3 Å². The lowest BCUT2D eigenvalue weighted by Gasteiger charge is -2.09. The van der Waals surface area contributed by atoms with Gasteiger partial charge in [0.1, 0.15) is 0 Å². The van der Waals surface area contributed by atoms with Gasteiger partial charge >= 0.3 is 0 Å². The Morgan fingerprint density at radius 3 is 2.68 bits per heavy atom. The van der Waals surface area contributed by atoms with Gasteiger partial charge in [0.05, 0.1) is 13.2 Å². The topological polar surface area (TPSA) is 21.3 Å². The van der Waals surface area contributed by atoms with Gasteiger partial charge in [-0.15, -0.1) is 11.3 Å². The van der Waals surface area contributed by atoms with Gasteiger partial charge in [0.2, 0.25) is 0 Å². The summed E-state index contributed by atoms with van der Waals surface area (Å²) >= 11 is 1.74. The van der Waals surface area contributed by atoms with Gasteiger partial charge in [-0.3, -0.25) is 0 Å². The molecule has 0 spiro atoms. The molecule has 3 heteroatoms. The molecule has 2 aromatic rings. The van der Waals surface area contributed by atoms with Crippen LogP contribution in [0, 0.1) is 0 Å². The molecule has 2 nitrogen and oxygen atoms in total. The number of rotatable bonds is 7. The van der Waals surface area contributed by atoms with Gasteiger partial charge in [-0.1, -0.05) is 44.2 Å². The zero-order valence-electron chi connectivity index (χ0n) is 11.6. The highest BCUT2D eigenvalue weighted by molar-refractivity contribution is 7.09. The van der Waals surface area contributed by atoms with E-state index in [1.807, 2.05) is 0 Å². The number of nitrogens with one attached hydrogen (secondary N) is 1. The lowest BCUT2D eigenvalue weighted by molar-refractivity contribution is 0.109. The SMILES string of the molecule is CC(C)NCc1cccc(COCc2cccs2)c1. The second-order valence-corrected chi connectivity index (χ2v) is 5.96. The molecule has 1 N–H and O–H groups in total. The molecule has 19 heavy (non-hydrogen) atoms. The fourth-order valence-electron chi connectivity index (χ4n) is 1.82. The minimum atomic E-state index is 0.513. The lowest BCUT2D eigenvalue weighted by Crippen LogP contribution is -2.21. The van der Waals surface area contributed by atoms with Crippen molar-refractivity contribution in [2.24, 2.45) is 0 Å². The fraction of sp³-hybridized carbons (Fsp3) is 0.375. The average molecular weight is 275 g/mol. The van der Waals surface area contributed by atoms with E-state index in [2.05, 4.69) is 60.9 Å². The molecular weight excluding hydrogens is 254 g/mol. The third-order valence-electron chi connectivity index (χ3n) is 2.80. The monoisotopic (exact) mass is 275 g/mol. The normalized spacial score (nSPS) is 11.1. The summed E-state index contributed by atoms with van der Waals surface area (Å²) in [5.41, 5.74) is 2.55. The van der Waals surface area contributed by atoms with E-state index in [4.69, 9.17) is 4.74 Å². The summed E-state index contributed by atoms with van der Waals surface area (Å²) in [5, 5.41) is 5.51. The molecule has 0 bridgehead atoms. The van der Waals surface area contributed by atoms with Crippen molar-refractivity contribution >= 4 is 11.3 Å². The zero-order valence-corrected chi connectivity index (χ0v) is 12.4. The Kier molecular flexibility index (Phi) is 5.58. The van der Waals surface area contributed by atoms with Crippen molar-refractivity contribution in [3.05, 3.63) is 57.8 Å². The summed E-state index contributed by atoms with van der Waals surface area (Å²) in [6.07, 6.45) is 0. The van der Waals surface area contributed by atoms with Crippen LogP contribution in [0.25, 0.3) is 0 Å². The van der Waals surface area contributed by atoms with Crippen molar-refractivity contribution in [1.82, 2.24) is 5.32 Å². The standard InChI is InChI=1S/C16H21NOS/c1-13(2)17-10-14-5-3-6-15(9-14)11-18-12-16-7-4-8-19-16/h3-9,13,17H,10-12H2,1-2H3. The van der Waals surface area contributed by atoms with Crippen LogP contribution >= 0.6 is 11.3 Å². The largest absolute Gasteiger partial charge is 0.371 e. The van der Waals surface area contributed by atoms with Crippen molar-refractivity contribution in [2.45, 2.75) is 39.6 Å². The fourth-order valence-corrected chi connectivity index (χ4v) is 2.46. The first-order chi connectivity index (χ1) is 9.24. The molecule has 0 aliphatic carbocycles. The minimum Gasteiger partial charge on any atom is -0.371 e. The number of ether oxygens (including phenoxy) is 1. The highest BCUT2D eigenvalue weighted by atomic mass is 32.1. The van der Waals surface area contributed by atoms with Gasteiger partial charge in [0, 0.05) is 17.5 Å². The van der Waals surface area contributed by atoms with Crippen LogP contribution in [-0.2, 0) is 24.5 Å². The van der Waals surface area contributed by atoms with Crippen LogP contribution in [0.1, 0.15) is 29.9 Å². The van der Waals surface area contributed by atoms with E-state index in [0.717, 1.165) is 6.54 Å². The number of hydrogen-bond donors (Lipinski definition) is 1. The van der Waals surface area contributed by atoms with E-state index in [1.54, 1.807) is 11.3 Å². The van der Waals surface area contributed by atoms with Gasteiger partial charge in [-0.2, -0.15) is 0 Å². The van der Waals surface area contributed by atoms with Gasteiger partial charge in [-0.05, 0) is 22.6 Å². The average Bonchev–Trinajstić information content (AvgIpc) is 2.90. The van der Waals surface area contributed by atoms with E-state index >= 15 is 0 Å². The Labute approximate surface area is 119 Å². The smallest absolute Gasteiger partial charge is 0.0813 e. The maximum Gasteiger partial charge on any atom is 0.0813 e. The molecule has 2 rings (SSSR count). The van der Waals surface area contributed by atoms with Gasteiger partial charge in [0.15, 0.2) is 0 Å². The number of thiophene rings is 1. The molecule has 102 valence electrons. The lowest BCUT2D eigenvalue weighted by atomic mass is 10.1. The third kappa shape index (κ3) is 5.15. The molecule has 1 aromatic heterocycles. The second-order valence-electron chi connectivity index (χ2n) is 4.93. The summed E-state index contributed by atoms with van der Waals surface area (Å²) in [6.45, 7) is 6.61. The molecule has 0 amide bonds. The highest BCUT2D eigenvalue weighted by Gasteiger charge is 1.99. The summed E-state index contributed by atoms with van der Waals surface area (Å²) in [7, 11) is 0. The van der Waals surface area contributed by atoms with Crippen molar-refractivity contribution < 1.29 is 4.74 Å². The Morgan fingerprint density at radius 2 is 1.95 bits per heavy atom. The van der Waals surface area contributed by atoms with Crippen LogP contribution in [0.2, 0.25) is 0 Å². The van der Waals surface area contributed by atoms with Crippen molar-refractivity contribution in [2.75, 3.05) is 0 Å². The molecule has 0 atom stereocenters. The van der Waals surface area contributed by atoms with Gasteiger partial charge < -0.3 is 10.1 Å². The molecule has 0 saturated heterocycles. The molecule has 1 aromatic carbocycles. The van der Waals surface area contributed by atoms with Crippen molar-refractivity contribution in [1.29, 1.82) is 0 Å². The van der Waals surface area contributed by atoms with Gasteiger partial charge in [0.25, 0.3) is 0 Å². The van der Waals surface area contributed by atoms with Crippen LogP contribution in [-0.4, -0.2) is 6.04 Å². The van der Waals surface area contributed by atoms with E-state index in [9.17, 15) is 0 Å². The Hall–Kier alpha value is -1.16. The number of hydrogen-bond acceptors (Lipinski definition) is 3. The van der Waals surface area contributed by atoms with E-state index in [1.165, 1.54) is 16.0 Å². The molecule has 0 unspecified atom stereocenters. The van der Waals surface area contributed by atoms with Crippen LogP contribution in [0.5, 0.6) is 0 Å². The predicted molar refractivity (Wildman–Crippen MR) is 81.2 cm³/mol. The summed E-state index contributed by atoms with van der Waals surface area (Å²) in [5.74, 6) is 0. The Balaban J connectivity index is 1.81. The van der Waals surface area contributed by atoms with E-state index in [-0.39, 0.29) is 0 Å². The maximum absolute atomic E-state index is 5.73. The third-order valence-corrected chi connectivity index (χ3v) is 3.65. The van der Waals surface area contributed by atoms with E-state index < -0.39 is 0 Å². The Bertz CT molecular complexity index is 479. The Morgan fingerprint density at radius 1 is 1.11 bits per heavy atom. The zero-order chi connectivity index (χ0) is 13.5. The van der Waals surface area contributed by atoms with Crippen molar-refractivity contribution in [3.8, 4) is 0 Å². The minimum absolute atomic E-state index is 0.513.